The maximum Gasteiger partial charge on any atom is 0.139 e. The highest BCUT2D eigenvalue weighted by Crippen LogP contribution is 2.51. The number of fused-ring (bicyclic) bond motifs is 8. The lowest BCUT2D eigenvalue weighted by molar-refractivity contribution is 0.471. The van der Waals surface area contributed by atoms with Crippen molar-refractivity contribution in [1.29, 1.82) is 0 Å². The number of benzene rings is 8. The van der Waals surface area contributed by atoms with Crippen LogP contribution in [0.2, 0.25) is 0 Å². The molecule has 10 aromatic rings. The van der Waals surface area contributed by atoms with Gasteiger partial charge in [-0.2, -0.15) is 0 Å². The molecule has 0 bridgehead atoms. The predicted molar refractivity (Wildman–Crippen MR) is 267 cm³/mol. The van der Waals surface area contributed by atoms with E-state index in [1.54, 1.807) is 0 Å². The van der Waals surface area contributed by atoms with Crippen LogP contribution in [0.4, 0.5) is 34.1 Å². The van der Waals surface area contributed by atoms with E-state index in [1.165, 1.54) is 38.4 Å². The zero-order chi connectivity index (χ0) is 43.4. The van der Waals surface area contributed by atoms with Crippen molar-refractivity contribution in [2.75, 3.05) is 9.80 Å². The molecular formula is C59H54N2O2. The summed E-state index contributed by atoms with van der Waals surface area (Å²) in [5.41, 5.74) is 15.6. The van der Waals surface area contributed by atoms with Crippen molar-refractivity contribution in [2.45, 2.75) is 84.5 Å². The highest BCUT2D eigenvalue weighted by molar-refractivity contribution is 6.20. The van der Waals surface area contributed by atoms with Gasteiger partial charge < -0.3 is 18.6 Å². The maximum atomic E-state index is 7.11. The average molecular weight is 823 g/mol. The van der Waals surface area contributed by atoms with Gasteiger partial charge in [-0.1, -0.05) is 116 Å². The van der Waals surface area contributed by atoms with E-state index in [0.717, 1.165) is 85.5 Å². The van der Waals surface area contributed by atoms with Crippen LogP contribution in [0.1, 0.15) is 84.1 Å². The summed E-state index contributed by atoms with van der Waals surface area (Å²) in [6.07, 6.45) is 1.98. The van der Waals surface area contributed by atoms with Crippen molar-refractivity contribution in [2.24, 2.45) is 0 Å². The van der Waals surface area contributed by atoms with Crippen LogP contribution in [0, 0.1) is 0 Å². The minimum atomic E-state index is -0.0918. The van der Waals surface area contributed by atoms with Crippen molar-refractivity contribution in [3.8, 4) is 0 Å². The van der Waals surface area contributed by atoms with Crippen LogP contribution in [0.3, 0.4) is 0 Å². The number of furan rings is 2. The first-order valence-corrected chi connectivity index (χ1v) is 22.5. The van der Waals surface area contributed by atoms with Gasteiger partial charge in [-0.15, -0.1) is 0 Å². The Labute approximate surface area is 370 Å². The van der Waals surface area contributed by atoms with Crippen molar-refractivity contribution in [3.63, 3.8) is 0 Å². The number of rotatable bonds is 6. The Balaban J connectivity index is 1.07. The first kappa shape index (κ1) is 39.1. The fourth-order valence-electron chi connectivity index (χ4n) is 10.1. The quantitative estimate of drug-likeness (QED) is 0.167. The molecular weight excluding hydrogens is 769 g/mol. The van der Waals surface area contributed by atoms with Gasteiger partial charge in [-0.25, -0.2) is 0 Å². The van der Waals surface area contributed by atoms with Crippen LogP contribution < -0.4 is 9.80 Å². The van der Waals surface area contributed by atoms with Gasteiger partial charge in [-0.3, -0.25) is 0 Å². The third-order valence-corrected chi connectivity index (χ3v) is 13.6. The molecule has 1 aliphatic carbocycles. The van der Waals surface area contributed by atoms with Crippen LogP contribution in [-0.2, 0) is 22.7 Å². The number of hydrogen-bond acceptors (Lipinski definition) is 4. The predicted octanol–water partition coefficient (Wildman–Crippen LogP) is 17.4. The van der Waals surface area contributed by atoms with Gasteiger partial charge in [-0.05, 0) is 141 Å². The summed E-state index contributed by atoms with van der Waals surface area (Å²) in [7, 11) is 0. The Hall–Kier alpha value is -6.78. The summed E-state index contributed by atoms with van der Waals surface area (Å²) in [5.74, 6) is 0. The molecule has 0 saturated heterocycles. The van der Waals surface area contributed by atoms with Crippen LogP contribution in [0.5, 0.6) is 0 Å². The number of para-hydroxylation sites is 2. The fourth-order valence-corrected chi connectivity index (χ4v) is 10.1. The number of anilines is 6. The second-order valence-corrected chi connectivity index (χ2v) is 20.3. The van der Waals surface area contributed by atoms with Gasteiger partial charge in [0.2, 0.25) is 0 Å². The summed E-state index contributed by atoms with van der Waals surface area (Å²) in [5, 5.41) is 7.15. The molecule has 0 radical (unpaired) electrons. The number of hydrogen-bond donors (Lipinski definition) is 0. The molecule has 312 valence electrons. The van der Waals surface area contributed by atoms with Gasteiger partial charge in [0, 0.05) is 73.4 Å². The molecule has 0 spiro atoms. The van der Waals surface area contributed by atoms with E-state index in [2.05, 4.69) is 223 Å². The standard InChI is InChI=1S/C59H54N2O2/c1-57(2,3)38-19-23-42(24-20-38)60(40-15-11-9-12-16-40)44-27-29-46-49-33-37-34-52-54(48-31-32-59(7,8)55(53(37)48)56(49)63-50(46)35-44)47-30-28-45(36-51(47)62-52)61(41-17-13-10-14-18-41)43-25-21-39(22-26-43)58(4,5)6/h9-30,33-36H,31-32H2,1-8H3. The first-order chi connectivity index (χ1) is 30.2. The monoisotopic (exact) mass is 822 g/mol. The van der Waals surface area contributed by atoms with E-state index < -0.39 is 0 Å². The van der Waals surface area contributed by atoms with Crippen molar-refractivity contribution < 1.29 is 8.83 Å². The van der Waals surface area contributed by atoms with Crippen LogP contribution >= 0.6 is 0 Å². The van der Waals surface area contributed by atoms with Crippen molar-refractivity contribution in [3.05, 3.63) is 180 Å². The molecule has 4 heteroatoms. The molecule has 0 saturated carbocycles. The second-order valence-electron chi connectivity index (χ2n) is 20.3. The second kappa shape index (κ2) is 14.1. The molecule has 2 heterocycles. The lowest BCUT2D eigenvalue weighted by Crippen LogP contribution is -2.23. The van der Waals surface area contributed by atoms with E-state index >= 15 is 0 Å². The van der Waals surface area contributed by atoms with Crippen LogP contribution in [0.25, 0.3) is 54.6 Å². The first-order valence-electron chi connectivity index (χ1n) is 22.5. The van der Waals surface area contributed by atoms with Crippen LogP contribution in [-0.4, -0.2) is 0 Å². The summed E-state index contributed by atoms with van der Waals surface area (Å²) in [6.45, 7) is 18.3. The largest absolute Gasteiger partial charge is 0.456 e. The maximum absolute atomic E-state index is 7.11. The zero-order valence-corrected chi connectivity index (χ0v) is 37.6. The summed E-state index contributed by atoms with van der Waals surface area (Å²) < 4.78 is 14.0. The van der Waals surface area contributed by atoms with E-state index in [-0.39, 0.29) is 16.2 Å². The molecule has 4 nitrogen and oxygen atoms in total. The highest BCUT2D eigenvalue weighted by atomic mass is 16.3. The van der Waals surface area contributed by atoms with E-state index in [1.807, 2.05) is 0 Å². The summed E-state index contributed by atoms with van der Waals surface area (Å²) in [4.78, 5) is 4.65. The SMILES string of the molecule is CC(C)(C)c1ccc(N(c2ccccc2)c2ccc3c(c2)oc2c4c5c(c6c(cc5cc23)oc2cc(N(c3ccccc3)c3ccc(C(C)(C)C)cc3)ccc26)CCC4(C)C)cc1. The van der Waals surface area contributed by atoms with Gasteiger partial charge in [0.1, 0.15) is 22.3 Å². The Morgan fingerprint density at radius 2 is 0.921 bits per heavy atom. The van der Waals surface area contributed by atoms with Crippen LogP contribution in [0.15, 0.2) is 167 Å². The topological polar surface area (TPSA) is 32.8 Å². The Morgan fingerprint density at radius 1 is 0.444 bits per heavy atom. The third-order valence-electron chi connectivity index (χ3n) is 13.6. The van der Waals surface area contributed by atoms with Gasteiger partial charge in [0.05, 0.1) is 0 Å². The lowest BCUT2D eigenvalue weighted by Gasteiger charge is -2.32. The van der Waals surface area contributed by atoms with Crippen molar-refractivity contribution >= 4 is 88.8 Å². The molecule has 0 amide bonds. The molecule has 0 fully saturated rings. The van der Waals surface area contributed by atoms with Gasteiger partial charge in [0.25, 0.3) is 0 Å². The Kier molecular flexibility index (Phi) is 8.76. The number of aryl methyl sites for hydroxylation is 1. The number of nitrogens with zero attached hydrogens (tertiary/aromatic N) is 2. The molecule has 0 N–H and O–H groups in total. The molecule has 0 atom stereocenters. The Bertz CT molecular complexity index is 3360. The molecule has 0 aliphatic heterocycles. The third kappa shape index (κ3) is 6.49. The Morgan fingerprint density at radius 3 is 1.44 bits per heavy atom. The zero-order valence-electron chi connectivity index (χ0n) is 37.6. The highest BCUT2D eigenvalue weighted by Gasteiger charge is 2.35. The summed E-state index contributed by atoms with van der Waals surface area (Å²) >= 11 is 0. The van der Waals surface area contributed by atoms with E-state index in [0.29, 0.717) is 0 Å². The molecule has 1 aliphatic rings. The fraction of sp³-hybridized carbons (Fsp3) is 0.220. The van der Waals surface area contributed by atoms with Gasteiger partial charge in [0.15, 0.2) is 0 Å². The van der Waals surface area contributed by atoms with E-state index in [4.69, 9.17) is 8.83 Å². The van der Waals surface area contributed by atoms with Crippen molar-refractivity contribution in [1.82, 2.24) is 0 Å². The minimum absolute atomic E-state index is 0.0736. The summed E-state index contributed by atoms with van der Waals surface area (Å²) in [6, 6.07) is 57.3. The lowest BCUT2D eigenvalue weighted by atomic mass is 9.71. The molecule has 8 aromatic carbocycles. The normalized spacial score (nSPS) is 14.0. The average Bonchev–Trinajstić information content (AvgIpc) is 3.82. The molecule has 11 rings (SSSR count). The minimum Gasteiger partial charge on any atom is -0.456 e. The molecule has 0 unspecified atom stereocenters. The smallest absolute Gasteiger partial charge is 0.139 e. The molecule has 2 aromatic heterocycles. The van der Waals surface area contributed by atoms with Gasteiger partial charge >= 0.3 is 0 Å². The molecule has 63 heavy (non-hydrogen) atoms. The van der Waals surface area contributed by atoms with E-state index in [9.17, 15) is 0 Å².